The fourth-order valence-electron chi connectivity index (χ4n) is 2.87. The number of amides is 1. The van der Waals surface area contributed by atoms with Crippen molar-refractivity contribution in [3.05, 3.63) is 22.4 Å². The van der Waals surface area contributed by atoms with Gasteiger partial charge in [0.05, 0.1) is 6.04 Å². The lowest BCUT2D eigenvalue weighted by atomic mass is 10.0. The van der Waals surface area contributed by atoms with Gasteiger partial charge in [0.25, 0.3) is 0 Å². The molecule has 1 fully saturated rings. The van der Waals surface area contributed by atoms with Gasteiger partial charge in [0.1, 0.15) is 6.17 Å². The second-order valence-electron chi connectivity index (χ2n) is 6.32. The summed E-state index contributed by atoms with van der Waals surface area (Å²) in [5.74, 6) is 2.41. The normalized spacial score (nSPS) is 24.0. The first-order chi connectivity index (χ1) is 10.0. The lowest BCUT2D eigenvalue weighted by Crippen LogP contribution is -2.35. The molecule has 0 spiro atoms. The maximum absolute atomic E-state index is 12.7. The molecule has 1 amide bonds. The Hall–Kier alpha value is -0.520. The molecule has 2 rings (SSSR count). The maximum Gasteiger partial charge on any atom is 0.241 e. The number of thioether (sulfide) groups is 1. The van der Waals surface area contributed by atoms with E-state index in [1.807, 2.05) is 11.8 Å². The highest BCUT2D eigenvalue weighted by Crippen LogP contribution is 2.31. The van der Waals surface area contributed by atoms with E-state index in [9.17, 15) is 4.79 Å². The third kappa shape index (κ3) is 4.24. The number of nitrogens with zero attached hydrogens (tertiary/aromatic N) is 1. The van der Waals surface area contributed by atoms with E-state index >= 15 is 0 Å². The quantitative estimate of drug-likeness (QED) is 0.831. The second kappa shape index (κ2) is 7.65. The van der Waals surface area contributed by atoms with Crippen LogP contribution in [0.1, 0.15) is 38.2 Å². The van der Waals surface area contributed by atoms with Crippen LogP contribution >= 0.6 is 23.1 Å². The predicted octanol–water partition coefficient (Wildman–Crippen LogP) is 3.59. The molecule has 0 aromatic carbocycles. The van der Waals surface area contributed by atoms with Crippen LogP contribution in [0.15, 0.2) is 17.5 Å². The van der Waals surface area contributed by atoms with Crippen LogP contribution in [-0.2, 0) is 4.79 Å². The topological polar surface area (TPSA) is 32.3 Å². The molecule has 1 N–H and O–H groups in total. The summed E-state index contributed by atoms with van der Waals surface area (Å²) in [6, 6.07) is 4.16. The average molecular weight is 327 g/mol. The predicted molar refractivity (Wildman–Crippen MR) is 92.7 cm³/mol. The number of nitrogens with one attached hydrogen (secondary N) is 1. The van der Waals surface area contributed by atoms with Crippen LogP contribution in [0.5, 0.6) is 0 Å². The summed E-state index contributed by atoms with van der Waals surface area (Å²) in [6.45, 7) is 7.41. The van der Waals surface area contributed by atoms with Gasteiger partial charge in [0.15, 0.2) is 0 Å². The smallest absolute Gasteiger partial charge is 0.241 e. The van der Waals surface area contributed by atoms with Crippen LogP contribution in [0.3, 0.4) is 0 Å². The summed E-state index contributed by atoms with van der Waals surface area (Å²) in [5.41, 5.74) is 0. The molecule has 1 aromatic rings. The Labute approximate surface area is 136 Å². The largest absolute Gasteiger partial charge is 0.320 e. The summed E-state index contributed by atoms with van der Waals surface area (Å²) < 4.78 is 0. The molecule has 1 aliphatic heterocycles. The molecule has 0 aliphatic carbocycles. The van der Waals surface area contributed by atoms with E-state index in [1.165, 1.54) is 4.88 Å². The van der Waals surface area contributed by atoms with Crippen molar-refractivity contribution < 1.29 is 4.79 Å². The van der Waals surface area contributed by atoms with Crippen molar-refractivity contribution in [1.29, 1.82) is 0 Å². The number of thiophene rings is 1. The zero-order chi connectivity index (χ0) is 15.4. The molecule has 0 radical (unpaired) electrons. The highest BCUT2D eigenvalue weighted by molar-refractivity contribution is 7.98. The van der Waals surface area contributed by atoms with Gasteiger partial charge in [-0.1, -0.05) is 26.8 Å². The standard InChI is InChI=1S/C16H26N2OS2/c1-11(2)8-13-16(19)18(9-12(3)10-20-4)15(17-13)14-6-5-7-21-14/h5-7,11-13,15,17H,8-10H2,1-4H3. The van der Waals surface area contributed by atoms with Gasteiger partial charge in [-0.15, -0.1) is 11.3 Å². The molecule has 5 heteroatoms. The van der Waals surface area contributed by atoms with Gasteiger partial charge < -0.3 is 4.90 Å². The fourth-order valence-corrected chi connectivity index (χ4v) is 4.34. The summed E-state index contributed by atoms with van der Waals surface area (Å²) in [4.78, 5) is 16.0. The lowest BCUT2D eigenvalue weighted by molar-refractivity contribution is -0.130. The Balaban J connectivity index is 2.13. The van der Waals surface area contributed by atoms with E-state index in [0.717, 1.165) is 18.7 Å². The molecule has 3 nitrogen and oxygen atoms in total. The maximum atomic E-state index is 12.7. The molecule has 0 bridgehead atoms. The Morgan fingerprint density at radius 3 is 2.76 bits per heavy atom. The highest BCUT2D eigenvalue weighted by Gasteiger charge is 2.40. The Kier molecular flexibility index (Phi) is 6.14. The Bertz CT molecular complexity index is 447. The minimum atomic E-state index is -0.0291. The molecular formula is C16H26N2OS2. The van der Waals surface area contributed by atoms with Crippen molar-refractivity contribution in [3.63, 3.8) is 0 Å². The average Bonchev–Trinajstić information content (AvgIpc) is 3.02. The molecule has 118 valence electrons. The fraction of sp³-hybridized carbons (Fsp3) is 0.688. The summed E-state index contributed by atoms with van der Waals surface area (Å²) in [6.07, 6.45) is 3.10. The van der Waals surface area contributed by atoms with Gasteiger partial charge in [-0.2, -0.15) is 11.8 Å². The first-order valence-electron chi connectivity index (χ1n) is 7.61. The molecule has 2 heterocycles. The molecule has 3 unspecified atom stereocenters. The molecule has 3 atom stereocenters. The zero-order valence-electron chi connectivity index (χ0n) is 13.3. The monoisotopic (exact) mass is 326 g/mol. The molecule has 1 saturated heterocycles. The first kappa shape index (κ1) is 16.8. The van der Waals surface area contributed by atoms with Crippen LogP contribution < -0.4 is 5.32 Å². The molecule has 0 saturated carbocycles. The van der Waals surface area contributed by atoms with E-state index in [1.54, 1.807) is 11.3 Å². The minimum absolute atomic E-state index is 0.0291. The number of hydrogen-bond acceptors (Lipinski definition) is 4. The third-order valence-corrected chi connectivity index (χ3v) is 5.56. The summed E-state index contributed by atoms with van der Waals surface area (Å²) >= 11 is 3.57. The van der Waals surface area contributed by atoms with Crippen LogP contribution in [0.25, 0.3) is 0 Å². The van der Waals surface area contributed by atoms with E-state index in [-0.39, 0.29) is 18.1 Å². The first-order valence-corrected chi connectivity index (χ1v) is 9.89. The lowest BCUT2D eigenvalue weighted by Gasteiger charge is -2.26. The van der Waals surface area contributed by atoms with Crippen molar-refractivity contribution in [2.45, 2.75) is 39.4 Å². The molecule has 21 heavy (non-hydrogen) atoms. The second-order valence-corrected chi connectivity index (χ2v) is 8.21. The van der Waals surface area contributed by atoms with Gasteiger partial charge in [0.2, 0.25) is 5.91 Å². The van der Waals surface area contributed by atoms with Gasteiger partial charge in [0, 0.05) is 11.4 Å². The van der Waals surface area contributed by atoms with Crippen LogP contribution in [0, 0.1) is 11.8 Å². The number of carbonyl (C=O) groups is 1. The number of rotatable bonds is 7. The third-order valence-electron chi connectivity index (χ3n) is 3.73. The number of hydrogen-bond donors (Lipinski definition) is 1. The van der Waals surface area contributed by atoms with Crippen LogP contribution in [-0.4, -0.2) is 35.4 Å². The molecule has 1 aliphatic rings. The SMILES string of the molecule is CSCC(C)CN1C(=O)C(CC(C)C)NC1c1cccs1. The molecule has 1 aromatic heterocycles. The van der Waals surface area contributed by atoms with E-state index in [4.69, 9.17) is 0 Å². The number of carbonyl (C=O) groups excluding carboxylic acids is 1. The Morgan fingerprint density at radius 2 is 2.19 bits per heavy atom. The summed E-state index contributed by atoms with van der Waals surface area (Å²) in [7, 11) is 0. The van der Waals surface area contributed by atoms with Crippen molar-refractivity contribution in [2.75, 3.05) is 18.6 Å². The van der Waals surface area contributed by atoms with Crippen molar-refractivity contribution >= 4 is 29.0 Å². The van der Waals surface area contributed by atoms with E-state index in [2.05, 4.69) is 54.8 Å². The van der Waals surface area contributed by atoms with Crippen LogP contribution in [0.4, 0.5) is 0 Å². The van der Waals surface area contributed by atoms with Crippen molar-refractivity contribution in [1.82, 2.24) is 10.2 Å². The Morgan fingerprint density at radius 1 is 1.43 bits per heavy atom. The summed E-state index contributed by atoms with van der Waals surface area (Å²) in [5, 5.41) is 5.64. The highest BCUT2D eigenvalue weighted by atomic mass is 32.2. The zero-order valence-corrected chi connectivity index (χ0v) is 15.0. The van der Waals surface area contributed by atoms with E-state index in [0.29, 0.717) is 11.8 Å². The van der Waals surface area contributed by atoms with Crippen LogP contribution in [0.2, 0.25) is 0 Å². The molecular weight excluding hydrogens is 300 g/mol. The van der Waals surface area contributed by atoms with Gasteiger partial charge in [-0.25, -0.2) is 0 Å². The van der Waals surface area contributed by atoms with Gasteiger partial charge >= 0.3 is 0 Å². The van der Waals surface area contributed by atoms with E-state index < -0.39 is 0 Å². The van der Waals surface area contributed by atoms with Crippen molar-refractivity contribution in [3.8, 4) is 0 Å². The van der Waals surface area contributed by atoms with Gasteiger partial charge in [-0.05, 0) is 41.7 Å². The van der Waals surface area contributed by atoms with Gasteiger partial charge in [-0.3, -0.25) is 10.1 Å². The van der Waals surface area contributed by atoms with Crippen molar-refractivity contribution in [2.24, 2.45) is 11.8 Å². The minimum Gasteiger partial charge on any atom is -0.320 e.